The van der Waals surface area contributed by atoms with Gasteiger partial charge in [-0.2, -0.15) is 0 Å². The third-order valence-corrected chi connectivity index (χ3v) is 7.30. The van der Waals surface area contributed by atoms with Gasteiger partial charge < -0.3 is 24.3 Å². The molecule has 2 aromatic carbocycles. The van der Waals surface area contributed by atoms with Crippen molar-refractivity contribution in [1.82, 2.24) is 14.5 Å². The largest absolute Gasteiger partial charge is 0.493 e. The second-order valence-corrected chi connectivity index (χ2v) is 8.97. The van der Waals surface area contributed by atoms with Crippen molar-refractivity contribution >= 4 is 11.0 Å². The number of aromatic amines is 1. The molecule has 2 heterocycles. The maximum absolute atomic E-state index is 12.5. The number of benzene rings is 2. The molecule has 1 saturated heterocycles. The van der Waals surface area contributed by atoms with Crippen molar-refractivity contribution in [2.75, 3.05) is 34.4 Å². The Labute approximate surface area is 192 Å². The Hall–Kier alpha value is -2.97. The maximum Gasteiger partial charge on any atom is 0.326 e. The fraction of sp³-hybridized carbons (Fsp3) is 0.480. The number of ether oxygens (including phenoxy) is 3. The lowest BCUT2D eigenvalue weighted by atomic mass is 9.94. The molecule has 3 aromatic rings. The molecule has 5 rings (SSSR count). The van der Waals surface area contributed by atoms with Crippen molar-refractivity contribution in [2.45, 2.75) is 38.0 Å². The number of piperidine rings is 1. The van der Waals surface area contributed by atoms with E-state index in [0.717, 1.165) is 48.1 Å². The predicted octanol–water partition coefficient (Wildman–Crippen LogP) is 2.73. The number of nitrogens with one attached hydrogen (secondary N) is 1. The summed E-state index contributed by atoms with van der Waals surface area (Å²) in [5.74, 6) is 2.20. The fourth-order valence-corrected chi connectivity index (χ4v) is 5.58. The van der Waals surface area contributed by atoms with Gasteiger partial charge in [0.25, 0.3) is 0 Å². The van der Waals surface area contributed by atoms with Crippen LogP contribution in [0.25, 0.3) is 11.0 Å². The number of aromatic nitrogens is 2. The summed E-state index contributed by atoms with van der Waals surface area (Å²) in [4.78, 5) is 17.8. The van der Waals surface area contributed by atoms with Gasteiger partial charge in [-0.3, -0.25) is 9.47 Å². The highest BCUT2D eigenvalue weighted by atomic mass is 16.5. The lowest BCUT2D eigenvalue weighted by Gasteiger charge is -2.37. The van der Waals surface area contributed by atoms with Gasteiger partial charge in [0, 0.05) is 18.2 Å². The zero-order valence-electron chi connectivity index (χ0n) is 19.3. The molecule has 8 nitrogen and oxygen atoms in total. The summed E-state index contributed by atoms with van der Waals surface area (Å²) >= 11 is 0. The van der Waals surface area contributed by atoms with Gasteiger partial charge >= 0.3 is 5.69 Å². The number of fused-ring (bicyclic) bond motifs is 2. The molecule has 1 fully saturated rings. The number of para-hydroxylation sites is 2. The van der Waals surface area contributed by atoms with Gasteiger partial charge in [0.1, 0.15) is 0 Å². The summed E-state index contributed by atoms with van der Waals surface area (Å²) in [5, 5.41) is 11.2. The molecule has 0 radical (unpaired) electrons. The highest BCUT2D eigenvalue weighted by Gasteiger charge is 2.40. The molecule has 1 aliphatic carbocycles. The van der Waals surface area contributed by atoms with Gasteiger partial charge in [0.15, 0.2) is 11.5 Å². The topological polar surface area (TPSA) is 89.0 Å². The Morgan fingerprint density at radius 1 is 1.06 bits per heavy atom. The van der Waals surface area contributed by atoms with Gasteiger partial charge in [-0.05, 0) is 62.0 Å². The van der Waals surface area contributed by atoms with Crippen LogP contribution in [0.1, 0.15) is 30.1 Å². The van der Waals surface area contributed by atoms with E-state index in [1.165, 1.54) is 0 Å². The number of hydrogen-bond donors (Lipinski definition) is 2. The van der Waals surface area contributed by atoms with Crippen molar-refractivity contribution in [3.8, 4) is 17.2 Å². The number of aliphatic hydroxyl groups excluding tert-OH is 1. The molecule has 0 spiro atoms. The van der Waals surface area contributed by atoms with Gasteiger partial charge in [-0.25, -0.2) is 4.79 Å². The van der Waals surface area contributed by atoms with E-state index >= 15 is 0 Å². The molecule has 33 heavy (non-hydrogen) atoms. The third-order valence-electron chi connectivity index (χ3n) is 7.30. The van der Waals surface area contributed by atoms with Crippen LogP contribution in [0.5, 0.6) is 17.2 Å². The van der Waals surface area contributed by atoms with Crippen molar-refractivity contribution < 1.29 is 19.3 Å². The number of imidazole rings is 1. The number of likely N-dealkylation sites (tertiary alicyclic amines) is 1. The summed E-state index contributed by atoms with van der Waals surface area (Å²) in [6.07, 6.45) is 2.05. The second-order valence-electron chi connectivity index (χ2n) is 8.97. The van der Waals surface area contributed by atoms with E-state index in [-0.39, 0.29) is 11.7 Å². The maximum atomic E-state index is 12.5. The molecule has 1 aliphatic heterocycles. The predicted molar refractivity (Wildman–Crippen MR) is 125 cm³/mol. The summed E-state index contributed by atoms with van der Waals surface area (Å²) in [7, 11) is 4.81. The first-order chi connectivity index (χ1) is 16.0. The van der Waals surface area contributed by atoms with E-state index in [1.807, 2.05) is 34.9 Å². The van der Waals surface area contributed by atoms with E-state index in [1.54, 1.807) is 21.3 Å². The minimum Gasteiger partial charge on any atom is -0.493 e. The molecule has 8 heteroatoms. The zero-order valence-corrected chi connectivity index (χ0v) is 19.3. The van der Waals surface area contributed by atoms with Gasteiger partial charge in [0.05, 0.1) is 38.5 Å². The Kier molecular flexibility index (Phi) is 5.80. The summed E-state index contributed by atoms with van der Waals surface area (Å²) in [5.41, 5.74) is 3.63. The summed E-state index contributed by atoms with van der Waals surface area (Å²) in [6, 6.07) is 9.69. The quantitative estimate of drug-likeness (QED) is 0.597. The van der Waals surface area contributed by atoms with Gasteiger partial charge in [-0.1, -0.05) is 12.1 Å². The number of nitrogens with zero attached hydrogens (tertiary/aromatic N) is 2. The monoisotopic (exact) mass is 453 g/mol. The lowest BCUT2D eigenvalue weighted by molar-refractivity contribution is 0.0373. The number of rotatable bonds is 6. The smallest absolute Gasteiger partial charge is 0.326 e. The molecule has 2 aliphatic rings. The molecule has 176 valence electrons. The molecule has 0 bridgehead atoms. The van der Waals surface area contributed by atoms with Crippen LogP contribution in [0.15, 0.2) is 35.1 Å². The van der Waals surface area contributed by atoms with E-state index in [4.69, 9.17) is 14.2 Å². The van der Waals surface area contributed by atoms with Crippen molar-refractivity contribution in [2.24, 2.45) is 5.92 Å². The third kappa shape index (κ3) is 3.67. The Balaban J connectivity index is 1.30. The van der Waals surface area contributed by atoms with Gasteiger partial charge in [-0.15, -0.1) is 0 Å². The van der Waals surface area contributed by atoms with Crippen LogP contribution in [0.4, 0.5) is 0 Å². The number of methoxy groups -OCH3 is 3. The minimum absolute atomic E-state index is 0.0116. The first-order valence-corrected chi connectivity index (χ1v) is 11.5. The van der Waals surface area contributed by atoms with Crippen LogP contribution in [0, 0.1) is 5.92 Å². The van der Waals surface area contributed by atoms with Crippen LogP contribution < -0.4 is 19.9 Å². The van der Waals surface area contributed by atoms with Crippen LogP contribution >= 0.6 is 0 Å². The fourth-order valence-electron chi connectivity index (χ4n) is 5.58. The molecule has 1 aromatic heterocycles. The molecular formula is C25H31N3O5. The lowest BCUT2D eigenvalue weighted by Crippen LogP contribution is -2.44. The van der Waals surface area contributed by atoms with E-state index in [2.05, 4.69) is 9.88 Å². The highest BCUT2D eigenvalue weighted by Crippen LogP contribution is 2.49. The van der Waals surface area contributed by atoms with E-state index < -0.39 is 6.10 Å². The molecule has 0 saturated carbocycles. The number of H-pyrrole nitrogens is 1. The van der Waals surface area contributed by atoms with Crippen LogP contribution in [-0.2, 0) is 13.0 Å². The van der Waals surface area contributed by atoms with Crippen molar-refractivity contribution in [3.05, 3.63) is 51.9 Å². The number of aliphatic hydroxyl groups is 1. The average molecular weight is 454 g/mol. The number of hydrogen-bond acceptors (Lipinski definition) is 6. The Morgan fingerprint density at radius 2 is 1.79 bits per heavy atom. The van der Waals surface area contributed by atoms with E-state index in [9.17, 15) is 9.90 Å². The average Bonchev–Trinajstić information content (AvgIpc) is 3.34. The SMILES string of the molecule is COc1cc2c(c(OC)c1OC)C[C@H](N1CCC(Cn3c(=O)[nH]c4ccccc43)CC1)[C@@H]2O. The standard InChI is InChI=1S/C25H31N3O5/c1-31-21-13-16-17(23(32-2)24(21)33-3)12-20(22(16)29)27-10-8-15(9-11-27)14-28-19-7-5-4-6-18(19)26-25(28)30/h4-7,13,15,20,22,29H,8-12,14H2,1-3H3,(H,26,30)/t20-,22+/m0/s1. The summed E-state index contributed by atoms with van der Waals surface area (Å²) in [6.45, 7) is 2.48. The first kappa shape index (κ1) is 21.9. The second kappa shape index (κ2) is 8.76. The molecule has 2 atom stereocenters. The first-order valence-electron chi connectivity index (χ1n) is 11.5. The van der Waals surface area contributed by atoms with Gasteiger partial charge in [0.2, 0.25) is 5.75 Å². The summed E-state index contributed by atoms with van der Waals surface area (Å²) < 4.78 is 18.5. The van der Waals surface area contributed by atoms with E-state index in [0.29, 0.717) is 36.1 Å². The zero-order chi connectivity index (χ0) is 23.1. The minimum atomic E-state index is -0.610. The molecule has 0 unspecified atom stereocenters. The molecule has 0 amide bonds. The normalized spacial score (nSPS) is 21.3. The highest BCUT2D eigenvalue weighted by molar-refractivity contribution is 5.74. The molecule has 2 N–H and O–H groups in total. The van der Waals surface area contributed by atoms with Crippen LogP contribution in [0.2, 0.25) is 0 Å². The Bertz CT molecular complexity index is 1210. The van der Waals surface area contributed by atoms with Crippen molar-refractivity contribution in [1.29, 1.82) is 0 Å². The Morgan fingerprint density at radius 3 is 2.48 bits per heavy atom. The van der Waals surface area contributed by atoms with Crippen LogP contribution in [-0.4, -0.2) is 60.0 Å². The molecular weight excluding hydrogens is 422 g/mol. The van der Waals surface area contributed by atoms with Crippen molar-refractivity contribution in [3.63, 3.8) is 0 Å². The van der Waals surface area contributed by atoms with Crippen LogP contribution in [0.3, 0.4) is 0 Å².